The number of hydrogen-bond acceptors (Lipinski definition) is 3. The maximum absolute atomic E-state index is 12.0. The fraction of sp³-hybridized carbons (Fsp3) is 0.857. The van der Waals surface area contributed by atoms with Crippen LogP contribution in [0.15, 0.2) is 0 Å². The smallest absolute Gasteiger partial charge is 0.235 e. The maximum Gasteiger partial charge on any atom is 0.235 e. The van der Waals surface area contributed by atoms with Gasteiger partial charge in [-0.2, -0.15) is 5.26 Å². The Kier molecular flexibility index (Phi) is 5.61. The van der Waals surface area contributed by atoms with Crippen molar-refractivity contribution in [2.24, 2.45) is 5.92 Å². The van der Waals surface area contributed by atoms with Crippen LogP contribution < -0.4 is 5.32 Å². The van der Waals surface area contributed by atoms with E-state index in [1.165, 1.54) is 25.7 Å². The van der Waals surface area contributed by atoms with Gasteiger partial charge in [0.1, 0.15) is 5.54 Å². The molecule has 0 aliphatic carbocycles. The van der Waals surface area contributed by atoms with E-state index in [9.17, 15) is 10.1 Å². The Hall–Kier alpha value is -1.08. The van der Waals surface area contributed by atoms with E-state index in [1.807, 2.05) is 13.8 Å². The van der Waals surface area contributed by atoms with Gasteiger partial charge in [0, 0.05) is 0 Å². The van der Waals surface area contributed by atoms with Gasteiger partial charge in [0.05, 0.1) is 12.6 Å². The first-order chi connectivity index (χ1) is 8.48. The van der Waals surface area contributed by atoms with Gasteiger partial charge in [0.15, 0.2) is 0 Å². The van der Waals surface area contributed by atoms with Crippen molar-refractivity contribution >= 4 is 5.91 Å². The molecule has 102 valence electrons. The number of likely N-dealkylation sites (tertiary alicyclic amines) is 1. The van der Waals surface area contributed by atoms with Gasteiger partial charge >= 0.3 is 0 Å². The molecule has 1 amide bonds. The van der Waals surface area contributed by atoms with Crippen molar-refractivity contribution < 1.29 is 4.79 Å². The first-order valence-electron chi connectivity index (χ1n) is 6.92. The SMILES string of the molecule is CC(C)[C@@](C)(C#N)NC(=O)CN1CCCCCC1. The summed E-state index contributed by atoms with van der Waals surface area (Å²) in [6, 6.07) is 2.21. The molecule has 4 nitrogen and oxygen atoms in total. The van der Waals surface area contributed by atoms with Crippen LogP contribution in [0.5, 0.6) is 0 Å². The van der Waals surface area contributed by atoms with E-state index in [2.05, 4.69) is 16.3 Å². The third kappa shape index (κ3) is 4.30. The molecule has 1 aliphatic heterocycles. The van der Waals surface area contributed by atoms with Crippen LogP contribution in [0.3, 0.4) is 0 Å². The zero-order valence-corrected chi connectivity index (χ0v) is 11.8. The summed E-state index contributed by atoms with van der Waals surface area (Å²) in [6.45, 7) is 8.11. The number of nitriles is 1. The minimum absolute atomic E-state index is 0.0327. The fourth-order valence-corrected chi connectivity index (χ4v) is 2.13. The van der Waals surface area contributed by atoms with Crippen molar-refractivity contribution in [2.75, 3.05) is 19.6 Å². The quantitative estimate of drug-likeness (QED) is 0.830. The monoisotopic (exact) mass is 251 g/mol. The van der Waals surface area contributed by atoms with Crippen LogP contribution in [0.25, 0.3) is 0 Å². The molecule has 1 atom stereocenters. The molecule has 0 aromatic carbocycles. The number of rotatable bonds is 4. The molecule has 1 N–H and O–H groups in total. The number of carbonyl (C=O) groups is 1. The average Bonchev–Trinajstić information content (AvgIpc) is 2.57. The average molecular weight is 251 g/mol. The highest BCUT2D eigenvalue weighted by Crippen LogP contribution is 2.15. The third-order valence-corrected chi connectivity index (χ3v) is 3.85. The molecular formula is C14H25N3O. The summed E-state index contributed by atoms with van der Waals surface area (Å²) in [6.07, 6.45) is 4.88. The summed E-state index contributed by atoms with van der Waals surface area (Å²) in [7, 11) is 0. The zero-order chi connectivity index (χ0) is 13.6. The predicted octanol–water partition coefficient (Wildman–Crippen LogP) is 1.92. The largest absolute Gasteiger partial charge is 0.337 e. The molecule has 4 heteroatoms. The number of amides is 1. The van der Waals surface area contributed by atoms with E-state index in [-0.39, 0.29) is 11.8 Å². The second-order valence-electron chi connectivity index (χ2n) is 5.71. The Bertz CT molecular complexity index is 313. The summed E-state index contributed by atoms with van der Waals surface area (Å²) >= 11 is 0. The molecule has 1 rings (SSSR count). The van der Waals surface area contributed by atoms with Crippen LogP contribution in [0.1, 0.15) is 46.5 Å². The molecule has 0 bridgehead atoms. The lowest BCUT2D eigenvalue weighted by Gasteiger charge is -2.29. The second kappa shape index (κ2) is 6.75. The molecule has 0 aromatic heterocycles. The summed E-state index contributed by atoms with van der Waals surface area (Å²) in [5.41, 5.74) is -0.761. The summed E-state index contributed by atoms with van der Waals surface area (Å²) in [5, 5.41) is 12.0. The molecular weight excluding hydrogens is 226 g/mol. The highest BCUT2D eigenvalue weighted by Gasteiger charge is 2.30. The molecule has 0 unspecified atom stereocenters. The number of hydrogen-bond donors (Lipinski definition) is 1. The van der Waals surface area contributed by atoms with Crippen LogP contribution in [0, 0.1) is 17.2 Å². The van der Waals surface area contributed by atoms with E-state index in [1.54, 1.807) is 6.92 Å². The van der Waals surface area contributed by atoms with Crippen molar-refractivity contribution in [3.05, 3.63) is 0 Å². The zero-order valence-electron chi connectivity index (χ0n) is 11.8. The van der Waals surface area contributed by atoms with E-state index in [0.29, 0.717) is 6.54 Å². The third-order valence-electron chi connectivity index (χ3n) is 3.85. The van der Waals surface area contributed by atoms with Crippen LogP contribution in [-0.4, -0.2) is 36.0 Å². The summed E-state index contributed by atoms with van der Waals surface area (Å²) in [5.74, 6) is 0.0743. The van der Waals surface area contributed by atoms with E-state index in [0.717, 1.165) is 13.1 Å². The molecule has 0 saturated carbocycles. The van der Waals surface area contributed by atoms with Crippen LogP contribution in [-0.2, 0) is 4.79 Å². The number of nitrogens with one attached hydrogen (secondary N) is 1. The van der Waals surface area contributed by atoms with Crippen molar-refractivity contribution in [1.29, 1.82) is 5.26 Å². The van der Waals surface area contributed by atoms with Crippen molar-refractivity contribution in [3.8, 4) is 6.07 Å². The standard InChI is InChI=1S/C14H25N3O/c1-12(2)14(3,11-15)16-13(18)10-17-8-6-4-5-7-9-17/h12H,4-10H2,1-3H3,(H,16,18)/t14-/m1/s1. The lowest BCUT2D eigenvalue weighted by molar-refractivity contribution is -0.123. The van der Waals surface area contributed by atoms with Crippen molar-refractivity contribution in [1.82, 2.24) is 10.2 Å². The molecule has 1 aliphatic rings. The van der Waals surface area contributed by atoms with Crippen LogP contribution >= 0.6 is 0 Å². The highest BCUT2D eigenvalue weighted by atomic mass is 16.2. The predicted molar refractivity (Wildman–Crippen MR) is 71.9 cm³/mol. The Morgan fingerprint density at radius 3 is 2.33 bits per heavy atom. The Morgan fingerprint density at radius 2 is 1.89 bits per heavy atom. The van der Waals surface area contributed by atoms with Crippen LogP contribution in [0.4, 0.5) is 0 Å². The number of carbonyl (C=O) groups excluding carboxylic acids is 1. The van der Waals surface area contributed by atoms with Crippen LogP contribution in [0.2, 0.25) is 0 Å². The van der Waals surface area contributed by atoms with E-state index >= 15 is 0 Å². The summed E-state index contributed by atoms with van der Waals surface area (Å²) in [4.78, 5) is 14.2. The lowest BCUT2D eigenvalue weighted by atomic mass is 9.90. The fourth-order valence-electron chi connectivity index (χ4n) is 2.13. The van der Waals surface area contributed by atoms with Gasteiger partial charge in [-0.15, -0.1) is 0 Å². The Balaban J connectivity index is 2.47. The highest BCUT2D eigenvalue weighted by molar-refractivity contribution is 5.79. The first kappa shape index (κ1) is 15.0. The first-order valence-corrected chi connectivity index (χ1v) is 6.92. The van der Waals surface area contributed by atoms with Gasteiger partial charge in [-0.1, -0.05) is 26.7 Å². The van der Waals surface area contributed by atoms with Gasteiger partial charge in [-0.3, -0.25) is 9.69 Å². The minimum Gasteiger partial charge on any atom is -0.337 e. The van der Waals surface area contributed by atoms with Gasteiger partial charge in [0.25, 0.3) is 0 Å². The van der Waals surface area contributed by atoms with E-state index < -0.39 is 5.54 Å². The molecule has 1 fully saturated rings. The van der Waals surface area contributed by atoms with Gasteiger partial charge in [0.2, 0.25) is 5.91 Å². The van der Waals surface area contributed by atoms with Gasteiger partial charge in [-0.25, -0.2) is 0 Å². The Morgan fingerprint density at radius 1 is 1.33 bits per heavy atom. The lowest BCUT2D eigenvalue weighted by Crippen LogP contribution is -2.51. The minimum atomic E-state index is -0.761. The van der Waals surface area contributed by atoms with Crippen molar-refractivity contribution in [3.63, 3.8) is 0 Å². The summed E-state index contributed by atoms with van der Waals surface area (Å²) < 4.78 is 0. The second-order valence-corrected chi connectivity index (χ2v) is 5.71. The normalized spacial score (nSPS) is 20.8. The topological polar surface area (TPSA) is 56.1 Å². The molecule has 0 aromatic rings. The van der Waals surface area contributed by atoms with Crippen molar-refractivity contribution in [2.45, 2.75) is 52.0 Å². The molecule has 18 heavy (non-hydrogen) atoms. The van der Waals surface area contributed by atoms with Gasteiger partial charge < -0.3 is 5.32 Å². The molecule has 0 radical (unpaired) electrons. The Labute approximate surface area is 110 Å². The molecule has 0 spiro atoms. The van der Waals surface area contributed by atoms with E-state index in [4.69, 9.17) is 0 Å². The maximum atomic E-state index is 12.0. The van der Waals surface area contributed by atoms with Gasteiger partial charge in [-0.05, 0) is 38.8 Å². The number of nitrogens with zero attached hydrogens (tertiary/aromatic N) is 2. The molecule has 1 saturated heterocycles. The molecule has 1 heterocycles.